The van der Waals surface area contributed by atoms with Gasteiger partial charge in [-0.05, 0) is 71.8 Å². The second-order valence-electron chi connectivity index (χ2n) is 9.89. The van der Waals surface area contributed by atoms with Gasteiger partial charge >= 0.3 is 0 Å². The molecule has 1 aliphatic heterocycles. The minimum atomic E-state index is 0.113. The zero-order valence-corrected chi connectivity index (χ0v) is 22.4. The number of aromatic nitrogens is 1. The summed E-state index contributed by atoms with van der Waals surface area (Å²) in [6, 6.07) is 26.7. The number of hydrogen-bond acceptors (Lipinski definition) is 5. The fourth-order valence-electron chi connectivity index (χ4n) is 4.95. The Labute approximate surface area is 224 Å². The van der Waals surface area contributed by atoms with Gasteiger partial charge in [-0.3, -0.25) is 14.7 Å². The number of nitrogens with one attached hydrogen (secondary N) is 1. The Morgan fingerprint density at radius 3 is 2.57 bits per heavy atom. The number of carbonyl (C=O) groups excluding carboxylic acids is 1. The van der Waals surface area contributed by atoms with E-state index in [0.717, 1.165) is 66.2 Å². The number of hydrogen-bond donors (Lipinski definition) is 1. The maximum Gasteiger partial charge on any atom is 0.253 e. The number of nitrogens with zero attached hydrogens (tertiary/aromatic N) is 3. The van der Waals surface area contributed by atoms with Gasteiger partial charge in [0, 0.05) is 55.6 Å². The highest BCUT2D eigenvalue weighted by Gasteiger charge is 2.21. The Hall–Kier alpha value is -3.35. The Morgan fingerprint density at radius 2 is 1.73 bits per heavy atom. The Balaban J connectivity index is 1.17. The molecule has 1 fully saturated rings. The summed E-state index contributed by atoms with van der Waals surface area (Å²) in [5, 5.41) is 1.12. The molecule has 1 aliphatic rings. The molecule has 1 amide bonds. The number of para-hydroxylation sites is 1. The van der Waals surface area contributed by atoms with Crippen LogP contribution < -0.4 is 4.72 Å². The molecule has 0 bridgehead atoms. The lowest BCUT2D eigenvalue weighted by atomic mass is 9.97. The minimum Gasteiger partial charge on any atom is -0.337 e. The van der Waals surface area contributed by atoms with E-state index in [0.29, 0.717) is 5.92 Å². The standard InChI is InChI=1S/C31H34N4OS/c1-23(2)28-11-4-3-8-26(28)22-34-18-7-19-35(21-20-34)31(36)25-13-15-27(16-14-25)33-37-29-12-5-9-24-10-6-17-32-30(24)29/h3-6,8-17,23,33H,7,18-22H2,1-2H3. The van der Waals surface area contributed by atoms with Crippen LogP contribution in [0.3, 0.4) is 0 Å². The zero-order chi connectivity index (χ0) is 25.6. The lowest BCUT2D eigenvalue weighted by molar-refractivity contribution is 0.0761. The lowest BCUT2D eigenvalue weighted by Gasteiger charge is -2.23. The van der Waals surface area contributed by atoms with Crippen molar-refractivity contribution in [2.75, 3.05) is 30.9 Å². The van der Waals surface area contributed by atoms with Gasteiger partial charge in [0.15, 0.2) is 0 Å². The first-order valence-corrected chi connectivity index (χ1v) is 13.9. The Kier molecular flexibility index (Phi) is 8.07. The smallest absolute Gasteiger partial charge is 0.253 e. The van der Waals surface area contributed by atoms with Crippen molar-refractivity contribution in [3.05, 3.63) is 102 Å². The first kappa shape index (κ1) is 25.3. The van der Waals surface area contributed by atoms with Crippen LogP contribution in [0, 0.1) is 0 Å². The fraction of sp³-hybridized carbons (Fsp3) is 0.290. The third-order valence-electron chi connectivity index (χ3n) is 6.95. The summed E-state index contributed by atoms with van der Waals surface area (Å²) in [5.41, 5.74) is 5.50. The second kappa shape index (κ2) is 11.8. The molecule has 5 nitrogen and oxygen atoms in total. The number of amides is 1. The van der Waals surface area contributed by atoms with Crippen molar-refractivity contribution >= 4 is 34.4 Å². The predicted molar refractivity (Wildman–Crippen MR) is 154 cm³/mol. The Morgan fingerprint density at radius 1 is 0.919 bits per heavy atom. The van der Waals surface area contributed by atoms with Gasteiger partial charge < -0.3 is 9.62 Å². The molecule has 6 heteroatoms. The highest BCUT2D eigenvalue weighted by atomic mass is 32.2. The second-order valence-corrected chi connectivity index (χ2v) is 10.7. The van der Waals surface area contributed by atoms with Crippen molar-refractivity contribution in [1.82, 2.24) is 14.8 Å². The molecule has 1 aromatic heterocycles. The monoisotopic (exact) mass is 510 g/mol. The summed E-state index contributed by atoms with van der Waals surface area (Å²) < 4.78 is 3.40. The zero-order valence-electron chi connectivity index (χ0n) is 21.6. The van der Waals surface area contributed by atoms with Crippen LogP contribution in [-0.4, -0.2) is 46.9 Å². The Bertz CT molecular complexity index is 1350. The van der Waals surface area contributed by atoms with Crippen LogP contribution in [0.2, 0.25) is 0 Å². The topological polar surface area (TPSA) is 48.5 Å². The third kappa shape index (κ3) is 6.14. The van der Waals surface area contributed by atoms with Gasteiger partial charge in [-0.15, -0.1) is 0 Å². The molecular weight excluding hydrogens is 476 g/mol. The number of rotatable bonds is 7. The molecule has 0 unspecified atom stereocenters. The van der Waals surface area contributed by atoms with Gasteiger partial charge in [-0.1, -0.05) is 56.3 Å². The largest absolute Gasteiger partial charge is 0.337 e. The fourth-order valence-corrected chi connectivity index (χ4v) is 5.73. The lowest BCUT2D eigenvalue weighted by Crippen LogP contribution is -2.35. The van der Waals surface area contributed by atoms with Crippen molar-refractivity contribution < 1.29 is 4.79 Å². The van der Waals surface area contributed by atoms with E-state index in [9.17, 15) is 4.79 Å². The third-order valence-corrected chi connectivity index (χ3v) is 7.84. The summed E-state index contributed by atoms with van der Waals surface area (Å²) in [7, 11) is 0. The van der Waals surface area contributed by atoms with Crippen LogP contribution in [0.1, 0.15) is 47.7 Å². The van der Waals surface area contributed by atoms with Crippen LogP contribution in [0.15, 0.2) is 90.0 Å². The van der Waals surface area contributed by atoms with Crippen molar-refractivity contribution in [2.24, 2.45) is 0 Å². The van der Waals surface area contributed by atoms with Crippen molar-refractivity contribution in [3.8, 4) is 0 Å². The van der Waals surface area contributed by atoms with E-state index in [4.69, 9.17) is 0 Å². The molecule has 190 valence electrons. The van der Waals surface area contributed by atoms with Crippen LogP contribution in [0.5, 0.6) is 0 Å². The van der Waals surface area contributed by atoms with E-state index in [2.05, 4.69) is 70.9 Å². The number of benzene rings is 3. The van der Waals surface area contributed by atoms with Crippen molar-refractivity contribution in [3.63, 3.8) is 0 Å². The average Bonchev–Trinajstić information content (AvgIpc) is 3.17. The van der Waals surface area contributed by atoms with Gasteiger partial charge in [-0.25, -0.2) is 0 Å². The van der Waals surface area contributed by atoms with E-state index in [1.54, 1.807) is 0 Å². The maximum absolute atomic E-state index is 13.3. The number of fused-ring (bicyclic) bond motifs is 1. The number of carbonyl (C=O) groups is 1. The molecule has 3 aromatic carbocycles. The van der Waals surface area contributed by atoms with Crippen LogP contribution in [-0.2, 0) is 6.54 Å². The molecule has 2 heterocycles. The molecule has 1 saturated heterocycles. The summed E-state index contributed by atoms with van der Waals surface area (Å²) >= 11 is 1.54. The van der Waals surface area contributed by atoms with Crippen LogP contribution in [0.4, 0.5) is 5.69 Å². The average molecular weight is 511 g/mol. The minimum absolute atomic E-state index is 0.113. The SMILES string of the molecule is CC(C)c1ccccc1CN1CCCN(C(=O)c2ccc(NSc3cccc4cccnc34)cc2)CC1. The van der Waals surface area contributed by atoms with Crippen LogP contribution in [0.25, 0.3) is 10.9 Å². The van der Waals surface area contributed by atoms with E-state index >= 15 is 0 Å². The first-order valence-electron chi connectivity index (χ1n) is 13.0. The summed E-state index contributed by atoms with van der Waals surface area (Å²) in [4.78, 5) is 23.4. The van der Waals surface area contributed by atoms with Gasteiger partial charge in [-0.2, -0.15) is 0 Å². The molecule has 0 spiro atoms. The molecule has 5 rings (SSSR count). The van der Waals surface area contributed by atoms with Crippen molar-refractivity contribution in [1.29, 1.82) is 0 Å². The van der Waals surface area contributed by atoms with Crippen LogP contribution >= 0.6 is 11.9 Å². The van der Waals surface area contributed by atoms with E-state index < -0.39 is 0 Å². The molecule has 0 radical (unpaired) electrons. The molecule has 0 saturated carbocycles. The molecule has 37 heavy (non-hydrogen) atoms. The number of anilines is 1. The quantitative estimate of drug-likeness (QED) is 0.276. The molecule has 0 aliphatic carbocycles. The van der Waals surface area contributed by atoms with E-state index in [1.165, 1.54) is 23.1 Å². The van der Waals surface area contributed by atoms with Gasteiger partial charge in [0.05, 0.1) is 10.4 Å². The summed E-state index contributed by atoms with van der Waals surface area (Å²) in [5.74, 6) is 0.628. The molecule has 4 aromatic rings. The highest BCUT2D eigenvalue weighted by Crippen LogP contribution is 2.28. The highest BCUT2D eigenvalue weighted by molar-refractivity contribution is 8.00. The van der Waals surface area contributed by atoms with Gasteiger partial charge in [0.25, 0.3) is 5.91 Å². The molecule has 1 N–H and O–H groups in total. The summed E-state index contributed by atoms with van der Waals surface area (Å²) in [6.07, 6.45) is 2.81. The van der Waals surface area contributed by atoms with E-state index in [1.807, 2.05) is 47.5 Å². The van der Waals surface area contributed by atoms with Crippen molar-refractivity contribution in [2.45, 2.75) is 37.6 Å². The first-order chi connectivity index (χ1) is 18.1. The maximum atomic E-state index is 13.3. The summed E-state index contributed by atoms with van der Waals surface area (Å²) in [6.45, 7) is 8.91. The van der Waals surface area contributed by atoms with Gasteiger partial charge in [0.2, 0.25) is 0 Å². The van der Waals surface area contributed by atoms with E-state index in [-0.39, 0.29) is 5.91 Å². The van der Waals surface area contributed by atoms with Gasteiger partial charge in [0.1, 0.15) is 0 Å². The predicted octanol–water partition coefficient (Wildman–Crippen LogP) is 6.83. The molecular formula is C31H34N4OS. The molecule has 0 atom stereocenters. The number of pyridine rings is 1. The normalized spacial score (nSPS) is 14.6.